The van der Waals surface area contributed by atoms with E-state index in [2.05, 4.69) is 0 Å². The fraction of sp³-hybridized carbons (Fsp3) is 0.471. The van der Waals surface area contributed by atoms with Crippen LogP contribution in [-0.4, -0.2) is 0 Å². The first-order valence-electron chi connectivity index (χ1n) is 7.09. The van der Waals surface area contributed by atoms with E-state index < -0.39 is 0 Å². The molecule has 1 saturated carbocycles. The van der Waals surface area contributed by atoms with Crippen LogP contribution in [0.2, 0.25) is 0 Å². The second-order valence-electron chi connectivity index (χ2n) is 5.38. The lowest BCUT2D eigenvalue weighted by Gasteiger charge is -2.28. The molecule has 0 N–H and O–H groups in total. The van der Waals surface area contributed by atoms with Crippen molar-refractivity contribution in [2.24, 2.45) is 5.92 Å². The van der Waals surface area contributed by atoms with Crippen molar-refractivity contribution in [3.05, 3.63) is 47.8 Å². The fourth-order valence-corrected chi connectivity index (χ4v) is 2.99. The molecule has 0 atom stereocenters. The molecule has 0 heterocycles. The van der Waals surface area contributed by atoms with E-state index in [0.29, 0.717) is 5.92 Å². The van der Waals surface area contributed by atoms with Crippen LogP contribution >= 0.6 is 0 Å². The quantitative estimate of drug-likeness (QED) is 0.699. The van der Waals surface area contributed by atoms with E-state index in [0.717, 1.165) is 12.3 Å². The van der Waals surface area contributed by atoms with E-state index in [1.807, 2.05) is 24.3 Å². The fourth-order valence-electron chi connectivity index (χ4n) is 2.99. The van der Waals surface area contributed by atoms with Gasteiger partial charge in [-0.2, -0.15) is 5.26 Å². The summed E-state index contributed by atoms with van der Waals surface area (Å²) < 4.78 is 12.9. The van der Waals surface area contributed by atoms with Gasteiger partial charge in [-0.05, 0) is 68.1 Å². The van der Waals surface area contributed by atoms with E-state index in [9.17, 15) is 4.39 Å². The molecule has 0 aromatic heterocycles. The molecule has 0 unspecified atom stereocenters. The van der Waals surface area contributed by atoms with E-state index in [-0.39, 0.29) is 5.82 Å². The third kappa shape index (κ3) is 4.21. The maximum atomic E-state index is 12.9. The van der Waals surface area contributed by atoms with Crippen LogP contribution in [0.4, 0.5) is 4.39 Å². The molecule has 100 valence electrons. The number of rotatable bonds is 4. The topological polar surface area (TPSA) is 23.8 Å². The summed E-state index contributed by atoms with van der Waals surface area (Å²) >= 11 is 0. The molecule has 1 nitrogen and oxygen atoms in total. The maximum absolute atomic E-state index is 12.9. The van der Waals surface area contributed by atoms with Gasteiger partial charge in [-0.15, -0.1) is 0 Å². The van der Waals surface area contributed by atoms with Crippen molar-refractivity contribution >= 4 is 0 Å². The molecule has 1 aromatic rings. The monoisotopic (exact) mass is 257 g/mol. The predicted molar refractivity (Wildman–Crippen MR) is 75.1 cm³/mol. The van der Waals surface area contributed by atoms with Gasteiger partial charge in [0.2, 0.25) is 0 Å². The highest BCUT2D eigenvalue weighted by Crippen LogP contribution is 2.37. The summed E-state index contributed by atoms with van der Waals surface area (Å²) in [6, 6.07) is 9.01. The van der Waals surface area contributed by atoms with E-state index >= 15 is 0 Å². The van der Waals surface area contributed by atoms with Crippen molar-refractivity contribution in [3.63, 3.8) is 0 Å². The summed E-state index contributed by atoms with van der Waals surface area (Å²) in [6.07, 6.45) is 10.7. The van der Waals surface area contributed by atoms with Crippen LogP contribution in [0.1, 0.15) is 50.0 Å². The summed E-state index contributed by atoms with van der Waals surface area (Å²) in [7, 11) is 0. The number of allylic oxidation sites excluding steroid dienone is 2. The van der Waals surface area contributed by atoms with Crippen molar-refractivity contribution in [2.75, 3.05) is 0 Å². The number of halogens is 1. The Hall–Kier alpha value is -1.62. The first kappa shape index (κ1) is 13.8. The van der Waals surface area contributed by atoms with Crippen LogP contribution in [0.5, 0.6) is 0 Å². The molecule has 0 bridgehead atoms. The third-order valence-corrected chi connectivity index (χ3v) is 4.12. The van der Waals surface area contributed by atoms with Crippen LogP contribution in [0, 0.1) is 23.1 Å². The van der Waals surface area contributed by atoms with Gasteiger partial charge in [0.15, 0.2) is 0 Å². The molecule has 0 saturated heterocycles. The standard InChI is InChI=1S/C17H20FN/c18-17-11-9-16(10-12-17)15-7-5-14(6-8-15)4-2-1-3-13-19/h1,3,9-12,14-15H,2,4-8H2/b3-1+/t14-,15-. The average Bonchev–Trinajstić information content (AvgIpc) is 2.45. The van der Waals surface area contributed by atoms with Crippen LogP contribution in [-0.2, 0) is 0 Å². The molecule has 1 aliphatic rings. The second-order valence-corrected chi connectivity index (χ2v) is 5.38. The molecule has 0 spiro atoms. The minimum absolute atomic E-state index is 0.151. The van der Waals surface area contributed by atoms with Crippen molar-refractivity contribution in [2.45, 2.75) is 44.4 Å². The summed E-state index contributed by atoms with van der Waals surface area (Å²) in [5.41, 5.74) is 1.28. The average molecular weight is 257 g/mol. The predicted octanol–water partition coefficient (Wildman–Crippen LogP) is 4.96. The molecule has 2 heteroatoms. The molecule has 1 aliphatic carbocycles. The highest BCUT2D eigenvalue weighted by atomic mass is 19.1. The minimum atomic E-state index is -0.151. The first-order valence-corrected chi connectivity index (χ1v) is 7.09. The van der Waals surface area contributed by atoms with Gasteiger partial charge in [0.1, 0.15) is 5.82 Å². The molecule has 1 aromatic carbocycles. The van der Waals surface area contributed by atoms with Crippen molar-refractivity contribution in [1.29, 1.82) is 5.26 Å². The zero-order valence-electron chi connectivity index (χ0n) is 11.2. The van der Waals surface area contributed by atoms with Gasteiger partial charge < -0.3 is 0 Å². The normalized spacial score (nSPS) is 23.4. The first-order chi connectivity index (χ1) is 9.29. The molecule has 1 fully saturated rings. The van der Waals surface area contributed by atoms with Crippen LogP contribution in [0.25, 0.3) is 0 Å². The highest BCUT2D eigenvalue weighted by Gasteiger charge is 2.21. The number of nitrogens with zero attached hydrogens (tertiary/aromatic N) is 1. The largest absolute Gasteiger partial charge is 0.207 e. The molecule has 19 heavy (non-hydrogen) atoms. The lowest BCUT2D eigenvalue weighted by atomic mass is 9.77. The lowest BCUT2D eigenvalue weighted by Crippen LogP contribution is -2.13. The van der Waals surface area contributed by atoms with E-state index in [1.54, 1.807) is 18.2 Å². The van der Waals surface area contributed by atoms with Gasteiger partial charge >= 0.3 is 0 Å². The zero-order valence-corrected chi connectivity index (χ0v) is 11.2. The SMILES string of the molecule is N#C/C=C/CC[C@H]1CC[C@H](c2ccc(F)cc2)CC1. The Morgan fingerprint density at radius 1 is 1.16 bits per heavy atom. The summed E-state index contributed by atoms with van der Waals surface area (Å²) in [5.74, 6) is 1.24. The number of benzene rings is 1. The van der Waals surface area contributed by atoms with E-state index in [4.69, 9.17) is 5.26 Å². The lowest BCUT2D eigenvalue weighted by molar-refractivity contribution is 0.312. The number of hydrogen-bond acceptors (Lipinski definition) is 1. The highest BCUT2D eigenvalue weighted by molar-refractivity contribution is 5.20. The smallest absolute Gasteiger partial charge is 0.123 e. The second kappa shape index (κ2) is 7.09. The summed E-state index contributed by atoms with van der Waals surface area (Å²) in [5, 5.41) is 8.42. The third-order valence-electron chi connectivity index (χ3n) is 4.12. The van der Waals surface area contributed by atoms with Gasteiger partial charge in [-0.3, -0.25) is 0 Å². The van der Waals surface area contributed by atoms with Gasteiger partial charge in [-0.1, -0.05) is 18.2 Å². The Morgan fingerprint density at radius 2 is 1.84 bits per heavy atom. The Bertz CT molecular complexity index is 447. The molecule has 0 radical (unpaired) electrons. The Morgan fingerprint density at radius 3 is 2.47 bits per heavy atom. The zero-order chi connectivity index (χ0) is 13.5. The van der Waals surface area contributed by atoms with Gasteiger partial charge in [-0.25, -0.2) is 4.39 Å². The van der Waals surface area contributed by atoms with Gasteiger partial charge in [0, 0.05) is 6.08 Å². The van der Waals surface area contributed by atoms with Gasteiger partial charge in [0.05, 0.1) is 6.07 Å². The number of hydrogen-bond donors (Lipinski definition) is 0. The molecule has 0 amide bonds. The Kier molecular flexibility index (Phi) is 5.15. The molecular formula is C17H20FN. The Labute approximate surface area is 114 Å². The summed E-state index contributed by atoms with van der Waals surface area (Å²) in [4.78, 5) is 0. The van der Waals surface area contributed by atoms with Crippen LogP contribution < -0.4 is 0 Å². The maximum Gasteiger partial charge on any atom is 0.123 e. The van der Waals surface area contributed by atoms with Crippen LogP contribution in [0.3, 0.4) is 0 Å². The van der Waals surface area contributed by atoms with E-state index in [1.165, 1.54) is 37.7 Å². The van der Waals surface area contributed by atoms with Crippen molar-refractivity contribution in [3.8, 4) is 6.07 Å². The van der Waals surface area contributed by atoms with Crippen molar-refractivity contribution in [1.82, 2.24) is 0 Å². The van der Waals surface area contributed by atoms with Crippen molar-refractivity contribution < 1.29 is 4.39 Å². The van der Waals surface area contributed by atoms with Gasteiger partial charge in [0.25, 0.3) is 0 Å². The Balaban J connectivity index is 1.78. The molecular weight excluding hydrogens is 237 g/mol. The van der Waals surface area contributed by atoms with Crippen LogP contribution in [0.15, 0.2) is 36.4 Å². The molecule has 0 aliphatic heterocycles. The number of nitriles is 1. The summed E-state index contributed by atoms with van der Waals surface area (Å²) in [6.45, 7) is 0. The minimum Gasteiger partial charge on any atom is -0.207 e. The molecule has 2 rings (SSSR count).